The molecule has 0 bridgehead atoms. The van der Waals surface area contributed by atoms with Gasteiger partial charge in [-0.15, -0.1) is 0 Å². The SMILES string of the molecule is C=C(C)COC(C)OC(=O)c1ccccc1S(=O)(=O)O. The first-order valence-corrected chi connectivity index (χ1v) is 7.19. The van der Waals surface area contributed by atoms with E-state index in [1.165, 1.54) is 25.1 Å². The highest BCUT2D eigenvalue weighted by Gasteiger charge is 2.22. The van der Waals surface area contributed by atoms with Gasteiger partial charge in [0.25, 0.3) is 10.1 Å². The summed E-state index contributed by atoms with van der Waals surface area (Å²) in [7, 11) is -4.50. The number of carbonyl (C=O) groups excluding carboxylic acids is 1. The maximum Gasteiger partial charge on any atom is 0.341 e. The van der Waals surface area contributed by atoms with Crippen LogP contribution in [0.1, 0.15) is 24.2 Å². The number of hydrogen-bond donors (Lipinski definition) is 1. The van der Waals surface area contributed by atoms with Crippen molar-refractivity contribution in [2.75, 3.05) is 6.61 Å². The zero-order valence-electron chi connectivity index (χ0n) is 11.2. The third kappa shape index (κ3) is 4.76. The molecule has 1 unspecified atom stereocenters. The monoisotopic (exact) mass is 300 g/mol. The largest absolute Gasteiger partial charge is 0.432 e. The molecule has 1 atom stereocenters. The van der Waals surface area contributed by atoms with Gasteiger partial charge in [-0.3, -0.25) is 4.55 Å². The van der Waals surface area contributed by atoms with Crippen LogP contribution in [0, 0.1) is 0 Å². The lowest BCUT2D eigenvalue weighted by molar-refractivity contribution is -0.0912. The molecular formula is C13H16O6S. The van der Waals surface area contributed by atoms with Gasteiger partial charge in [-0.25, -0.2) is 4.79 Å². The second-order valence-electron chi connectivity index (χ2n) is 4.21. The van der Waals surface area contributed by atoms with Crippen molar-refractivity contribution >= 4 is 16.1 Å². The van der Waals surface area contributed by atoms with Crippen LogP contribution in [0.5, 0.6) is 0 Å². The Morgan fingerprint density at radius 3 is 2.55 bits per heavy atom. The summed E-state index contributed by atoms with van der Waals surface area (Å²) >= 11 is 0. The molecule has 1 aromatic carbocycles. The predicted octanol–water partition coefficient (Wildman–Crippen LogP) is 2.03. The molecule has 0 aliphatic rings. The van der Waals surface area contributed by atoms with Crippen LogP contribution in [0.4, 0.5) is 0 Å². The molecule has 1 N–H and O–H groups in total. The van der Waals surface area contributed by atoms with Crippen molar-refractivity contribution in [3.8, 4) is 0 Å². The minimum absolute atomic E-state index is 0.217. The summed E-state index contributed by atoms with van der Waals surface area (Å²) in [4.78, 5) is 11.4. The Kier molecular flexibility index (Phi) is 5.43. The average Bonchev–Trinajstić information content (AvgIpc) is 2.35. The van der Waals surface area contributed by atoms with E-state index in [1.807, 2.05) is 0 Å². The van der Waals surface area contributed by atoms with Gasteiger partial charge in [0.2, 0.25) is 6.29 Å². The molecular weight excluding hydrogens is 284 g/mol. The van der Waals surface area contributed by atoms with Crippen molar-refractivity contribution in [1.82, 2.24) is 0 Å². The number of rotatable bonds is 6. The summed E-state index contributed by atoms with van der Waals surface area (Å²) in [6.45, 7) is 7.10. The molecule has 0 saturated heterocycles. The molecule has 7 heteroatoms. The summed E-state index contributed by atoms with van der Waals surface area (Å²) < 4.78 is 41.5. The molecule has 0 fully saturated rings. The second-order valence-corrected chi connectivity index (χ2v) is 5.60. The van der Waals surface area contributed by atoms with Gasteiger partial charge in [-0.05, 0) is 26.0 Å². The van der Waals surface area contributed by atoms with Crippen LogP contribution >= 0.6 is 0 Å². The standard InChI is InChI=1S/C13H16O6S/c1-9(2)8-18-10(3)19-13(14)11-6-4-5-7-12(11)20(15,16)17/h4-7,10H,1,8H2,2-3H3,(H,15,16,17). The summed E-state index contributed by atoms with van der Waals surface area (Å²) in [6.07, 6.45) is -0.867. The van der Waals surface area contributed by atoms with Crippen LogP contribution in [0.3, 0.4) is 0 Å². The van der Waals surface area contributed by atoms with Gasteiger partial charge in [0.05, 0.1) is 12.2 Å². The van der Waals surface area contributed by atoms with E-state index in [9.17, 15) is 13.2 Å². The first kappa shape index (κ1) is 16.4. The second kappa shape index (κ2) is 6.65. The van der Waals surface area contributed by atoms with E-state index in [-0.39, 0.29) is 12.2 Å². The minimum Gasteiger partial charge on any atom is -0.432 e. The van der Waals surface area contributed by atoms with Crippen LogP contribution < -0.4 is 0 Å². The van der Waals surface area contributed by atoms with Crippen molar-refractivity contribution in [2.45, 2.75) is 25.0 Å². The molecule has 1 aromatic rings. The minimum atomic E-state index is -4.50. The van der Waals surface area contributed by atoms with Gasteiger partial charge in [0.1, 0.15) is 4.90 Å². The van der Waals surface area contributed by atoms with E-state index in [0.29, 0.717) is 0 Å². The van der Waals surface area contributed by atoms with Crippen LogP contribution in [0.2, 0.25) is 0 Å². The average molecular weight is 300 g/mol. The first-order valence-electron chi connectivity index (χ1n) is 5.75. The normalized spacial score (nSPS) is 12.8. The maximum absolute atomic E-state index is 11.9. The number of hydrogen-bond acceptors (Lipinski definition) is 5. The van der Waals surface area contributed by atoms with Gasteiger partial charge < -0.3 is 9.47 Å². The van der Waals surface area contributed by atoms with Gasteiger partial charge in [-0.1, -0.05) is 24.3 Å². The van der Waals surface area contributed by atoms with Gasteiger partial charge in [0, 0.05) is 0 Å². The van der Waals surface area contributed by atoms with Crippen molar-refractivity contribution in [2.24, 2.45) is 0 Å². The summed E-state index contributed by atoms with van der Waals surface area (Å²) in [6, 6.07) is 5.22. The van der Waals surface area contributed by atoms with E-state index in [1.54, 1.807) is 6.92 Å². The van der Waals surface area contributed by atoms with E-state index in [4.69, 9.17) is 14.0 Å². The van der Waals surface area contributed by atoms with Crippen molar-refractivity contribution < 1.29 is 27.2 Å². The molecule has 0 radical (unpaired) electrons. The highest BCUT2D eigenvalue weighted by Crippen LogP contribution is 2.17. The van der Waals surface area contributed by atoms with E-state index >= 15 is 0 Å². The molecule has 1 rings (SSSR count). The Morgan fingerprint density at radius 2 is 2.00 bits per heavy atom. The first-order chi connectivity index (χ1) is 9.21. The van der Waals surface area contributed by atoms with E-state index in [2.05, 4.69) is 6.58 Å². The number of benzene rings is 1. The fourth-order valence-electron chi connectivity index (χ4n) is 1.37. The zero-order valence-corrected chi connectivity index (χ0v) is 12.0. The van der Waals surface area contributed by atoms with Crippen LogP contribution in [0.25, 0.3) is 0 Å². The van der Waals surface area contributed by atoms with E-state index in [0.717, 1.165) is 11.6 Å². The lowest BCUT2D eigenvalue weighted by Gasteiger charge is -2.15. The Morgan fingerprint density at radius 1 is 1.40 bits per heavy atom. The molecule has 20 heavy (non-hydrogen) atoms. The van der Waals surface area contributed by atoms with Crippen molar-refractivity contribution in [1.29, 1.82) is 0 Å². The molecule has 0 saturated carbocycles. The maximum atomic E-state index is 11.9. The summed E-state index contributed by atoms with van der Waals surface area (Å²) in [5.74, 6) is -0.896. The smallest absolute Gasteiger partial charge is 0.341 e. The Balaban J connectivity index is 2.86. The summed E-state index contributed by atoms with van der Waals surface area (Å²) in [5.41, 5.74) is 0.506. The Labute approximate surface area is 117 Å². The van der Waals surface area contributed by atoms with Crippen molar-refractivity contribution in [3.63, 3.8) is 0 Å². The van der Waals surface area contributed by atoms with Gasteiger partial charge >= 0.3 is 5.97 Å². The predicted molar refractivity (Wildman–Crippen MR) is 71.9 cm³/mol. The third-order valence-corrected chi connectivity index (χ3v) is 3.13. The van der Waals surface area contributed by atoms with Crippen LogP contribution in [-0.4, -0.2) is 31.8 Å². The highest BCUT2D eigenvalue weighted by atomic mass is 32.2. The molecule has 0 aliphatic heterocycles. The molecule has 0 spiro atoms. The Hall–Kier alpha value is -1.70. The van der Waals surface area contributed by atoms with Crippen LogP contribution in [0.15, 0.2) is 41.3 Å². The fourth-order valence-corrected chi connectivity index (χ4v) is 2.05. The molecule has 0 aromatic heterocycles. The molecule has 6 nitrogen and oxygen atoms in total. The molecule has 110 valence electrons. The number of esters is 1. The topological polar surface area (TPSA) is 89.9 Å². The lowest BCUT2D eigenvalue weighted by atomic mass is 10.2. The zero-order chi connectivity index (χ0) is 15.3. The molecule has 0 aliphatic carbocycles. The number of ether oxygens (including phenoxy) is 2. The highest BCUT2D eigenvalue weighted by molar-refractivity contribution is 7.86. The van der Waals surface area contributed by atoms with Crippen molar-refractivity contribution in [3.05, 3.63) is 42.0 Å². The summed E-state index contributed by atoms with van der Waals surface area (Å²) in [5, 5.41) is 0. The lowest BCUT2D eigenvalue weighted by Crippen LogP contribution is -2.20. The molecule has 0 amide bonds. The van der Waals surface area contributed by atoms with Gasteiger partial charge in [0.15, 0.2) is 0 Å². The van der Waals surface area contributed by atoms with Gasteiger partial charge in [-0.2, -0.15) is 8.42 Å². The quantitative estimate of drug-likeness (QED) is 0.374. The van der Waals surface area contributed by atoms with E-state index < -0.39 is 27.3 Å². The fraction of sp³-hybridized carbons (Fsp3) is 0.308. The number of carbonyl (C=O) groups is 1. The third-order valence-electron chi connectivity index (χ3n) is 2.22. The molecule has 0 heterocycles. The van der Waals surface area contributed by atoms with Crippen LogP contribution in [-0.2, 0) is 19.6 Å². The Bertz CT molecular complexity index is 605.